The number of rotatable bonds is 6. The first-order valence-corrected chi connectivity index (χ1v) is 8.61. The summed E-state index contributed by atoms with van der Waals surface area (Å²) in [5.74, 6) is 1.89. The van der Waals surface area contributed by atoms with Gasteiger partial charge in [0.2, 0.25) is 0 Å². The molecule has 0 bridgehead atoms. The van der Waals surface area contributed by atoms with Crippen LogP contribution in [-0.2, 0) is 0 Å². The fraction of sp³-hybridized carbons (Fsp3) is 0.684. The van der Waals surface area contributed by atoms with Crippen LogP contribution < -0.4 is 4.74 Å². The lowest BCUT2D eigenvalue weighted by Gasteiger charge is -2.19. The SMILES string of the molecule is CC[C@@H](C)[C@@H](O)c1cccc(OCC2CCCCCC2)c1. The maximum Gasteiger partial charge on any atom is 0.119 e. The van der Waals surface area contributed by atoms with E-state index in [0.717, 1.165) is 24.3 Å². The summed E-state index contributed by atoms with van der Waals surface area (Å²) < 4.78 is 5.99. The Morgan fingerprint density at radius 3 is 2.57 bits per heavy atom. The highest BCUT2D eigenvalue weighted by Gasteiger charge is 2.16. The van der Waals surface area contributed by atoms with Crippen LogP contribution in [0.25, 0.3) is 0 Å². The van der Waals surface area contributed by atoms with Gasteiger partial charge in [-0.15, -0.1) is 0 Å². The summed E-state index contributed by atoms with van der Waals surface area (Å²) in [6, 6.07) is 8.00. The van der Waals surface area contributed by atoms with Gasteiger partial charge in [-0.1, -0.05) is 58.1 Å². The average molecular weight is 290 g/mol. The van der Waals surface area contributed by atoms with Crippen LogP contribution in [0, 0.1) is 11.8 Å². The van der Waals surface area contributed by atoms with Gasteiger partial charge in [-0.05, 0) is 42.4 Å². The molecule has 1 aromatic carbocycles. The maximum atomic E-state index is 10.3. The molecule has 1 aliphatic rings. The lowest BCUT2D eigenvalue weighted by atomic mass is 9.95. The molecule has 21 heavy (non-hydrogen) atoms. The minimum Gasteiger partial charge on any atom is -0.493 e. The highest BCUT2D eigenvalue weighted by molar-refractivity contribution is 5.30. The zero-order chi connectivity index (χ0) is 15.1. The minimum atomic E-state index is -0.392. The van der Waals surface area contributed by atoms with Crippen LogP contribution in [0.2, 0.25) is 0 Å². The van der Waals surface area contributed by atoms with Crippen LogP contribution in [0.4, 0.5) is 0 Å². The maximum absolute atomic E-state index is 10.3. The first-order valence-electron chi connectivity index (χ1n) is 8.61. The molecule has 1 fully saturated rings. The van der Waals surface area contributed by atoms with Gasteiger partial charge in [-0.2, -0.15) is 0 Å². The first-order chi connectivity index (χ1) is 10.2. The van der Waals surface area contributed by atoms with Gasteiger partial charge >= 0.3 is 0 Å². The average Bonchev–Trinajstić information content (AvgIpc) is 2.80. The van der Waals surface area contributed by atoms with Gasteiger partial charge in [0.05, 0.1) is 12.7 Å². The number of aliphatic hydroxyl groups excluding tert-OH is 1. The van der Waals surface area contributed by atoms with Gasteiger partial charge < -0.3 is 9.84 Å². The van der Waals surface area contributed by atoms with Crippen molar-refractivity contribution in [2.24, 2.45) is 11.8 Å². The molecular formula is C19H30O2. The first kappa shape index (κ1) is 16.4. The van der Waals surface area contributed by atoms with Crippen molar-refractivity contribution in [2.45, 2.75) is 64.9 Å². The molecule has 2 rings (SSSR count). The Hall–Kier alpha value is -1.02. The number of benzene rings is 1. The van der Waals surface area contributed by atoms with Crippen molar-refractivity contribution in [1.29, 1.82) is 0 Å². The fourth-order valence-electron chi connectivity index (χ4n) is 3.08. The molecule has 2 nitrogen and oxygen atoms in total. The Balaban J connectivity index is 1.91. The minimum absolute atomic E-state index is 0.280. The summed E-state index contributed by atoms with van der Waals surface area (Å²) in [6.07, 6.45) is 8.65. The predicted octanol–water partition coefficient (Wildman–Crippen LogP) is 5.12. The van der Waals surface area contributed by atoms with E-state index in [-0.39, 0.29) is 5.92 Å². The number of hydrogen-bond acceptors (Lipinski definition) is 2. The van der Waals surface area contributed by atoms with Crippen LogP contribution in [0.5, 0.6) is 5.75 Å². The van der Waals surface area contributed by atoms with Crippen LogP contribution in [-0.4, -0.2) is 11.7 Å². The van der Waals surface area contributed by atoms with Crippen molar-refractivity contribution in [1.82, 2.24) is 0 Å². The molecule has 1 aromatic rings. The van der Waals surface area contributed by atoms with Crippen LogP contribution >= 0.6 is 0 Å². The molecule has 1 saturated carbocycles. The topological polar surface area (TPSA) is 29.5 Å². The molecule has 0 heterocycles. The number of aliphatic hydroxyl groups is 1. The number of hydrogen-bond donors (Lipinski definition) is 1. The van der Waals surface area contributed by atoms with Crippen LogP contribution in [0.15, 0.2) is 24.3 Å². The summed E-state index contributed by atoms with van der Waals surface area (Å²) >= 11 is 0. The number of ether oxygens (including phenoxy) is 1. The largest absolute Gasteiger partial charge is 0.493 e. The van der Waals surface area contributed by atoms with Gasteiger partial charge in [-0.3, -0.25) is 0 Å². The molecule has 0 radical (unpaired) electrons. The third kappa shape index (κ3) is 5.03. The molecule has 0 spiro atoms. The zero-order valence-electron chi connectivity index (χ0n) is 13.6. The Morgan fingerprint density at radius 2 is 1.90 bits per heavy atom. The van der Waals surface area contributed by atoms with Gasteiger partial charge in [0.1, 0.15) is 5.75 Å². The molecule has 0 aromatic heterocycles. The van der Waals surface area contributed by atoms with Crippen molar-refractivity contribution in [3.8, 4) is 5.75 Å². The smallest absolute Gasteiger partial charge is 0.119 e. The second-order valence-electron chi connectivity index (χ2n) is 6.57. The predicted molar refractivity (Wildman–Crippen MR) is 87.5 cm³/mol. The van der Waals surface area contributed by atoms with Crippen molar-refractivity contribution < 1.29 is 9.84 Å². The molecular weight excluding hydrogens is 260 g/mol. The molecule has 0 aliphatic heterocycles. The van der Waals surface area contributed by atoms with Gasteiger partial charge in [-0.25, -0.2) is 0 Å². The van der Waals surface area contributed by atoms with E-state index in [0.29, 0.717) is 5.92 Å². The van der Waals surface area contributed by atoms with E-state index in [1.165, 1.54) is 38.5 Å². The Bertz CT molecular complexity index is 408. The summed E-state index contributed by atoms with van der Waals surface area (Å²) in [4.78, 5) is 0. The quantitative estimate of drug-likeness (QED) is 0.737. The standard InChI is InChI=1S/C19H30O2/c1-3-15(2)19(20)17-11-8-12-18(13-17)21-14-16-9-6-4-5-7-10-16/h8,11-13,15-16,19-20H,3-7,9-10,14H2,1-2H3/t15-,19-/m1/s1. The summed E-state index contributed by atoms with van der Waals surface area (Å²) in [6.45, 7) is 5.02. The van der Waals surface area contributed by atoms with Gasteiger partial charge in [0.15, 0.2) is 0 Å². The van der Waals surface area contributed by atoms with Crippen molar-refractivity contribution in [2.75, 3.05) is 6.61 Å². The van der Waals surface area contributed by atoms with Crippen molar-refractivity contribution >= 4 is 0 Å². The Morgan fingerprint density at radius 1 is 1.19 bits per heavy atom. The van der Waals surface area contributed by atoms with E-state index in [2.05, 4.69) is 13.8 Å². The normalized spacial score (nSPS) is 19.8. The van der Waals surface area contributed by atoms with E-state index in [4.69, 9.17) is 4.74 Å². The van der Waals surface area contributed by atoms with E-state index >= 15 is 0 Å². The lowest BCUT2D eigenvalue weighted by Crippen LogP contribution is -2.12. The molecule has 2 atom stereocenters. The third-order valence-electron chi connectivity index (χ3n) is 4.84. The second kappa shape index (κ2) is 8.43. The molecule has 1 aliphatic carbocycles. The van der Waals surface area contributed by atoms with E-state index in [9.17, 15) is 5.11 Å². The highest BCUT2D eigenvalue weighted by Crippen LogP contribution is 2.28. The summed E-state index contributed by atoms with van der Waals surface area (Å²) in [5.41, 5.74) is 0.975. The molecule has 118 valence electrons. The van der Waals surface area contributed by atoms with E-state index < -0.39 is 6.10 Å². The Kier molecular flexibility index (Phi) is 6.56. The monoisotopic (exact) mass is 290 g/mol. The van der Waals surface area contributed by atoms with Gasteiger partial charge in [0.25, 0.3) is 0 Å². The second-order valence-corrected chi connectivity index (χ2v) is 6.57. The molecule has 1 N–H and O–H groups in total. The van der Waals surface area contributed by atoms with E-state index in [1.54, 1.807) is 0 Å². The zero-order valence-corrected chi connectivity index (χ0v) is 13.6. The van der Waals surface area contributed by atoms with Crippen LogP contribution in [0.1, 0.15) is 70.5 Å². The van der Waals surface area contributed by atoms with E-state index in [1.807, 2.05) is 24.3 Å². The highest BCUT2D eigenvalue weighted by atomic mass is 16.5. The van der Waals surface area contributed by atoms with Crippen molar-refractivity contribution in [3.05, 3.63) is 29.8 Å². The summed E-state index contributed by atoms with van der Waals surface area (Å²) in [7, 11) is 0. The molecule has 2 heteroatoms. The summed E-state index contributed by atoms with van der Waals surface area (Å²) in [5, 5.41) is 10.3. The lowest BCUT2D eigenvalue weighted by molar-refractivity contribution is 0.115. The van der Waals surface area contributed by atoms with Crippen molar-refractivity contribution in [3.63, 3.8) is 0 Å². The van der Waals surface area contributed by atoms with Crippen LogP contribution in [0.3, 0.4) is 0 Å². The Labute approximate surface area is 129 Å². The molecule has 0 unspecified atom stereocenters. The third-order valence-corrected chi connectivity index (χ3v) is 4.84. The fourth-order valence-corrected chi connectivity index (χ4v) is 3.08. The molecule has 0 amide bonds. The van der Waals surface area contributed by atoms with Gasteiger partial charge in [0, 0.05) is 0 Å². The molecule has 0 saturated heterocycles.